The van der Waals surface area contributed by atoms with Crippen molar-refractivity contribution in [2.24, 2.45) is 0 Å². The molecule has 2 aromatic heterocycles. The van der Waals surface area contributed by atoms with Crippen LogP contribution in [-0.4, -0.2) is 36.2 Å². The Labute approximate surface area is 165 Å². The zero-order valence-corrected chi connectivity index (χ0v) is 16.7. The molecule has 1 amide bonds. The Balaban J connectivity index is 1.50. The summed E-state index contributed by atoms with van der Waals surface area (Å²) in [5.41, 5.74) is 1.75. The molecule has 0 spiro atoms. The summed E-state index contributed by atoms with van der Waals surface area (Å²) < 4.78 is 27.2. The van der Waals surface area contributed by atoms with Gasteiger partial charge in [-0.1, -0.05) is 36.4 Å². The van der Waals surface area contributed by atoms with Crippen LogP contribution >= 0.6 is 22.7 Å². The van der Waals surface area contributed by atoms with E-state index in [4.69, 9.17) is 0 Å². The van der Waals surface area contributed by atoms with Gasteiger partial charge in [0.25, 0.3) is 10.0 Å². The molecule has 1 fully saturated rings. The Bertz CT molecular complexity index is 1030. The number of aromatic nitrogens is 1. The summed E-state index contributed by atoms with van der Waals surface area (Å²) in [6.07, 6.45) is 1.17. The molecule has 1 aromatic carbocycles. The van der Waals surface area contributed by atoms with Crippen molar-refractivity contribution < 1.29 is 13.2 Å². The summed E-state index contributed by atoms with van der Waals surface area (Å²) in [5.74, 6) is -0.332. The molecule has 0 aliphatic carbocycles. The molecule has 1 unspecified atom stereocenters. The number of nitrogens with one attached hydrogen (secondary N) is 1. The molecule has 3 aromatic rings. The molecule has 0 bridgehead atoms. The number of amides is 1. The Morgan fingerprint density at radius 3 is 2.70 bits per heavy atom. The zero-order chi connectivity index (χ0) is 18.9. The molecule has 27 heavy (non-hydrogen) atoms. The van der Waals surface area contributed by atoms with E-state index in [0.717, 1.165) is 22.6 Å². The average molecular weight is 420 g/mol. The first-order valence-electron chi connectivity index (χ1n) is 8.43. The molecular weight excluding hydrogens is 402 g/mol. The number of hydrogen-bond acceptors (Lipinski definition) is 6. The SMILES string of the molecule is O=C(Nc1nc(-c2ccccc2)cs1)C1CCCN1S(=O)(=O)c1cccs1. The fourth-order valence-corrected chi connectivity index (χ4v) is 6.58. The molecule has 1 aliphatic rings. The van der Waals surface area contributed by atoms with E-state index in [0.29, 0.717) is 24.5 Å². The number of nitrogens with zero attached hydrogens (tertiary/aromatic N) is 2. The van der Waals surface area contributed by atoms with Gasteiger partial charge in [-0.05, 0) is 24.3 Å². The van der Waals surface area contributed by atoms with E-state index in [1.165, 1.54) is 15.6 Å². The fourth-order valence-electron chi connectivity index (χ4n) is 3.08. The molecule has 4 rings (SSSR count). The van der Waals surface area contributed by atoms with Gasteiger partial charge in [0, 0.05) is 17.5 Å². The predicted molar refractivity (Wildman–Crippen MR) is 107 cm³/mol. The van der Waals surface area contributed by atoms with Crippen LogP contribution in [0.15, 0.2) is 57.4 Å². The number of carbonyl (C=O) groups excluding carboxylic acids is 1. The smallest absolute Gasteiger partial charge is 0.253 e. The molecule has 1 saturated heterocycles. The highest BCUT2D eigenvalue weighted by atomic mass is 32.2. The van der Waals surface area contributed by atoms with E-state index in [-0.39, 0.29) is 10.1 Å². The van der Waals surface area contributed by atoms with Crippen LogP contribution in [-0.2, 0) is 14.8 Å². The largest absolute Gasteiger partial charge is 0.301 e. The van der Waals surface area contributed by atoms with Crippen LogP contribution in [0.1, 0.15) is 12.8 Å². The van der Waals surface area contributed by atoms with E-state index in [2.05, 4.69) is 10.3 Å². The monoisotopic (exact) mass is 419 g/mol. The summed E-state index contributed by atoms with van der Waals surface area (Å²) in [7, 11) is -3.65. The summed E-state index contributed by atoms with van der Waals surface area (Å²) >= 11 is 2.49. The summed E-state index contributed by atoms with van der Waals surface area (Å²) in [6.45, 7) is 0.353. The van der Waals surface area contributed by atoms with Crippen molar-refractivity contribution in [1.82, 2.24) is 9.29 Å². The second kappa shape index (κ2) is 7.51. The lowest BCUT2D eigenvalue weighted by Gasteiger charge is -2.22. The molecular formula is C18H17N3O3S3. The van der Waals surface area contributed by atoms with Crippen molar-refractivity contribution in [3.63, 3.8) is 0 Å². The quantitative estimate of drug-likeness (QED) is 0.684. The van der Waals surface area contributed by atoms with Gasteiger partial charge in [0.05, 0.1) is 5.69 Å². The standard InChI is InChI=1S/C18H17N3O3S3/c22-17(20-18-19-14(12-26-18)13-6-2-1-3-7-13)15-8-4-10-21(15)27(23,24)16-9-5-11-25-16/h1-3,5-7,9,11-12,15H,4,8,10H2,(H,19,20,22). The molecule has 3 heterocycles. The van der Waals surface area contributed by atoms with Gasteiger partial charge in [0.2, 0.25) is 5.91 Å². The number of thiophene rings is 1. The number of sulfonamides is 1. The highest BCUT2D eigenvalue weighted by Gasteiger charge is 2.40. The van der Waals surface area contributed by atoms with E-state index in [9.17, 15) is 13.2 Å². The van der Waals surface area contributed by atoms with Crippen LogP contribution in [0, 0.1) is 0 Å². The van der Waals surface area contributed by atoms with Crippen LogP contribution in [0.2, 0.25) is 0 Å². The molecule has 140 valence electrons. The lowest BCUT2D eigenvalue weighted by atomic mass is 10.2. The maximum absolute atomic E-state index is 12.8. The minimum absolute atomic E-state index is 0.266. The summed E-state index contributed by atoms with van der Waals surface area (Å²) in [6, 6.07) is 12.3. The molecule has 0 saturated carbocycles. The number of anilines is 1. The van der Waals surface area contributed by atoms with Gasteiger partial charge in [-0.3, -0.25) is 4.79 Å². The second-order valence-electron chi connectivity index (χ2n) is 6.10. The molecule has 0 radical (unpaired) electrons. The van der Waals surface area contributed by atoms with Crippen LogP contribution in [0.4, 0.5) is 5.13 Å². The van der Waals surface area contributed by atoms with Crippen molar-refractivity contribution in [3.05, 3.63) is 53.2 Å². The third kappa shape index (κ3) is 3.68. The molecule has 1 atom stereocenters. The number of rotatable bonds is 5. The van der Waals surface area contributed by atoms with E-state index < -0.39 is 16.1 Å². The van der Waals surface area contributed by atoms with Gasteiger partial charge in [0.15, 0.2) is 5.13 Å². The Hall–Kier alpha value is -2.07. The van der Waals surface area contributed by atoms with Gasteiger partial charge in [0.1, 0.15) is 10.3 Å². The van der Waals surface area contributed by atoms with Crippen molar-refractivity contribution in [2.45, 2.75) is 23.1 Å². The van der Waals surface area contributed by atoms with E-state index in [1.807, 2.05) is 35.7 Å². The van der Waals surface area contributed by atoms with Crippen LogP contribution < -0.4 is 5.32 Å². The third-order valence-corrected chi connectivity index (χ3v) is 8.41. The normalized spacial score (nSPS) is 17.9. The molecule has 1 N–H and O–H groups in total. The second-order valence-corrected chi connectivity index (χ2v) is 10.0. The van der Waals surface area contributed by atoms with Crippen LogP contribution in [0.5, 0.6) is 0 Å². The molecule has 9 heteroatoms. The number of hydrogen-bond donors (Lipinski definition) is 1. The molecule has 1 aliphatic heterocycles. The first-order valence-corrected chi connectivity index (χ1v) is 11.6. The first kappa shape index (κ1) is 18.3. The van der Waals surface area contributed by atoms with Crippen LogP contribution in [0.25, 0.3) is 11.3 Å². The Kier molecular flexibility index (Phi) is 5.09. The number of thiazole rings is 1. The number of carbonyl (C=O) groups is 1. The van der Waals surface area contributed by atoms with Gasteiger partial charge in [-0.15, -0.1) is 22.7 Å². The predicted octanol–water partition coefficient (Wildman–Crippen LogP) is 3.66. The summed E-state index contributed by atoms with van der Waals surface area (Å²) in [5, 5.41) is 6.85. The minimum atomic E-state index is -3.65. The van der Waals surface area contributed by atoms with E-state index >= 15 is 0 Å². The maximum atomic E-state index is 12.8. The molecule has 6 nitrogen and oxygen atoms in total. The Morgan fingerprint density at radius 1 is 1.15 bits per heavy atom. The maximum Gasteiger partial charge on any atom is 0.253 e. The van der Waals surface area contributed by atoms with Crippen molar-refractivity contribution >= 4 is 43.7 Å². The third-order valence-electron chi connectivity index (χ3n) is 4.37. The first-order chi connectivity index (χ1) is 13.1. The average Bonchev–Trinajstić information content (AvgIpc) is 3.42. The van der Waals surface area contributed by atoms with Gasteiger partial charge < -0.3 is 5.32 Å². The van der Waals surface area contributed by atoms with Crippen molar-refractivity contribution in [3.8, 4) is 11.3 Å². The lowest BCUT2D eigenvalue weighted by molar-refractivity contribution is -0.119. The topological polar surface area (TPSA) is 79.4 Å². The van der Waals surface area contributed by atoms with Gasteiger partial charge in [-0.2, -0.15) is 4.31 Å². The van der Waals surface area contributed by atoms with Crippen molar-refractivity contribution in [1.29, 1.82) is 0 Å². The van der Waals surface area contributed by atoms with E-state index in [1.54, 1.807) is 17.5 Å². The summed E-state index contributed by atoms with van der Waals surface area (Å²) in [4.78, 5) is 17.2. The lowest BCUT2D eigenvalue weighted by Crippen LogP contribution is -2.42. The Morgan fingerprint density at radius 2 is 1.96 bits per heavy atom. The van der Waals surface area contributed by atoms with Gasteiger partial charge >= 0.3 is 0 Å². The highest BCUT2D eigenvalue weighted by molar-refractivity contribution is 7.91. The fraction of sp³-hybridized carbons (Fsp3) is 0.222. The number of benzene rings is 1. The highest BCUT2D eigenvalue weighted by Crippen LogP contribution is 2.30. The van der Waals surface area contributed by atoms with Gasteiger partial charge in [-0.25, -0.2) is 13.4 Å². The van der Waals surface area contributed by atoms with Crippen molar-refractivity contribution in [2.75, 3.05) is 11.9 Å². The zero-order valence-electron chi connectivity index (χ0n) is 14.2. The van der Waals surface area contributed by atoms with Crippen LogP contribution in [0.3, 0.4) is 0 Å². The minimum Gasteiger partial charge on any atom is -0.301 e.